The van der Waals surface area contributed by atoms with E-state index < -0.39 is 0 Å². The highest BCUT2D eigenvalue weighted by Gasteiger charge is 2.23. The van der Waals surface area contributed by atoms with Crippen molar-refractivity contribution < 1.29 is 9.13 Å². The Morgan fingerprint density at radius 1 is 1.14 bits per heavy atom. The molecule has 0 aromatic heterocycles. The van der Waals surface area contributed by atoms with Crippen molar-refractivity contribution in [3.05, 3.63) is 59.4 Å². The summed E-state index contributed by atoms with van der Waals surface area (Å²) in [5.41, 5.74) is 3.24. The van der Waals surface area contributed by atoms with Crippen molar-refractivity contribution in [1.29, 1.82) is 0 Å². The Hall–Kier alpha value is -2.03. The molecule has 2 aromatic rings. The van der Waals surface area contributed by atoms with Gasteiger partial charge in [0.1, 0.15) is 17.7 Å². The average molecular weight is 285 g/mol. The van der Waals surface area contributed by atoms with Gasteiger partial charge >= 0.3 is 0 Å². The van der Waals surface area contributed by atoms with Crippen molar-refractivity contribution >= 4 is 5.69 Å². The standard InChI is InChI=1S/C18H20FNO/c1-18(2,3)13-7-8-16-15(10-13)20-11-17(21-16)12-5-4-6-14(19)9-12/h4-10,17,20H,11H2,1-3H3. The van der Waals surface area contributed by atoms with E-state index in [0.29, 0.717) is 6.54 Å². The highest BCUT2D eigenvalue weighted by molar-refractivity contribution is 5.60. The van der Waals surface area contributed by atoms with E-state index in [1.165, 1.54) is 17.7 Å². The molecule has 3 rings (SSSR count). The van der Waals surface area contributed by atoms with Crippen LogP contribution in [0, 0.1) is 5.82 Å². The smallest absolute Gasteiger partial charge is 0.143 e. The molecule has 1 atom stereocenters. The van der Waals surface area contributed by atoms with Crippen LogP contribution in [-0.2, 0) is 5.41 Å². The molecule has 2 nitrogen and oxygen atoms in total. The number of ether oxygens (including phenoxy) is 1. The Morgan fingerprint density at radius 3 is 2.67 bits per heavy atom. The third-order valence-corrected chi connectivity index (χ3v) is 3.81. The SMILES string of the molecule is CC(C)(C)c1ccc2c(c1)NCC(c1cccc(F)c1)O2. The van der Waals surface area contributed by atoms with Crippen LogP contribution >= 0.6 is 0 Å². The number of nitrogens with one attached hydrogen (secondary N) is 1. The normalized spacial score (nSPS) is 17.6. The van der Waals surface area contributed by atoms with Gasteiger partial charge in [-0.15, -0.1) is 0 Å². The fourth-order valence-electron chi connectivity index (χ4n) is 2.53. The van der Waals surface area contributed by atoms with Gasteiger partial charge < -0.3 is 10.1 Å². The Morgan fingerprint density at radius 2 is 1.95 bits per heavy atom. The molecule has 110 valence electrons. The zero-order valence-electron chi connectivity index (χ0n) is 12.6. The molecule has 21 heavy (non-hydrogen) atoms. The summed E-state index contributed by atoms with van der Waals surface area (Å²) in [7, 11) is 0. The maximum Gasteiger partial charge on any atom is 0.143 e. The molecule has 0 spiro atoms. The average Bonchev–Trinajstić information content (AvgIpc) is 2.45. The molecular weight excluding hydrogens is 265 g/mol. The Labute approximate surface area is 125 Å². The minimum Gasteiger partial charge on any atom is -0.482 e. The van der Waals surface area contributed by atoms with Gasteiger partial charge in [0, 0.05) is 0 Å². The molecule has 0 radical (unpaired) electrons. The van der Waals surface area contributed by atoms with E-state index in [4.69, 9.17) is 4.74 Å². The van der Waals surface area contributed by atoms with E-state index in [9.17, 15) is 4.39 Å². The molecular formula is C18H20FNO. The van der Waals surface area contributed by atoms with Gasteiger partial charge in [0.25, 0.3) is 0 Å². The number of hydrogen-bond acceptors (Lipinski definition) is 2. The second-order valence-electron chi connectivity index (χ2n) is 6.50. The fraction of sp³-hybridized carbons (Fsp3) is 0.333. The maximum absolute atomic E-state index is 13.3. The first kappa shape index (κ1) is 13.9. The Balaban J connectivity index is 1.86. The van der Waals surface area contributed by atoms with Gasteiger partial charge in [-0.05, 0) is 40.8 Å². The van der Waals surface area contributed by atoms with Gasteiger partial charge in [-0.25, -0.2) is 4.39 Å². The van der Waals surface area contributed by atoms with E-state index in [1.54, 1.807) is 6.07 Å². The largest absolute Gasteiger partial charge is 0.482 e. The molecule has 1 aliphatic rings. The van der Waals surface area contributed by atoms with Crippen LogP contribution in [0.3, 0.4) is 0 Å². The summed E-state index contributed by atoms with van der Waals surface area (Å²) in [6.45, 7) is 7.21. The van der Waals surface area contributed by atoms with Crippen LogP contribution in [0.1, 0.15) is 38.0 Å². The molecule has 3 heteroatoms. The molecule has 0 saturated heterocycles. The van der Waals surface area contributed by atoms with Gasteiger partial charge in [-0.1, -0.05) is 39.0 Å². The predicted octanol–water partition coefficient (Wildman–Crippen LogP) is 4.67. The number of benzene rings is 2. The first-order chi connectivity index (χ1) is 9.93. The van der Waals surface area contributed by atoms with E-state index in [1.807, 2.05) is 12.1 Å². The summed E-state index contributed by atoms with van der Waals surface area (Å²) in [4.78, 5) is 0. The lowest BCUT2D eigenvalue weighted by Crippen LogP contribution is -2.24. The van der Waals surface area contributed by atoms with Crippen LogP contribution in [0.4, 0.5) is 10.1 Å². The highest BCUT2D eigenvalue weighted by Crippen LogP contribution is 2.37. The van der Waals surface area contributed by atoms with Crippen LogP contribution < -0.4 is 10.1 Å². The summed E-state index contributed by atoms with van der Waals surface area (Å²) in [6.07, 6.45) is -0.159. The zero-order chi connectivity index (χ0) is 15.0. The molecule has 1 unspecified atom stereocenters. The van der Waals surface area contributed by atoms with Crippen LogP contribution in [-0.4, -0.2) is 6.54 Å². The highest BCUT2D eigenvalue weighted by atomic mass is 19.1. The third kappa shape index (κ3) is 2.87. The van der Waals surface area contributed by atoms with E-state index in [0.717, 1.165) is 17.0 Å². The molecule has 1 heterocycles. The van der Waals surface area contributed by atoms with Gasteiger partial charge in [-0.3, -0.25) is 0 Å². The zero-order valence-corrected chi connectivity index (χ0v) is 12.6. The maximum atomic E-state index is 13.3. The molecule has 2 aromatic carbocycles. The molecule has 0 amide bonds. The Bertz CT molecular complexity index is 661. The van der Waals surface area contributed by atoms with Crippen LogP contribution in [0.5, 0.6) is 5.75 Å². The second kappa shape index (κ2) is 5.06. The van der Waals surface area contributed by atoms with Crippen LogP contribution in [0.25, 0.3) is 0 Å². The van der Waals surface area contributed by atoms with Crippen molar-refractivity contribution in [2.75, 3.05) is 11.9 Å². The van der Waals surface area contributed by atoms with Crippen molar-refractivity contribution in [2.45, 2.75) is 32.3 Å². The van der Waals surface area contributed by atoms with Gasteiger partial charge in [0.15, 0.2) is 0 Å². The molecule has 0 bridgehead atoms. The molecule has 1 aliphatic heterocycles. The number of rotatable bonds is 1. The van der Waals surface area contributed by atoms with Gasteiger partial charge in [-0.2, -0.15) is 0 Å². The number of anilines is 1. The lowest BCUT2D eigenvalue weighted by Gasteiger charge is -2.29. The number of hydrogen-bond donors (Lipinski definition) is 1. The minimum atomic E-state index is -0.232. The second-order valence-corrected chi connectivity index (χ2v) is 6.50. The first-order valence-electron chi connectivity index (χ1n) is 7.24. The van der Waals surface area contributed by atoms with Crippen molar-refractivity contribution in [2.24, 2.45) is 0 Å². The van der Waals surface area contributed by atoms with Crippen molar-refractivity contribution in [3.8, 4) is 5.75 Å². The fourth-order valence-corrected chi connectivity index (χ4v) is 2.53. The summed E-state index contributed by atoms with van der Waals surface area (Å²) in [5, 5.41) is 3.40. The van der Waals surface area contributed by atoms with Crippen LogP contribution in [0.15, 0.2) is 42.5 Å². The summed E-state index contributed by atoms with van der Waals surface area (Å²) < 4.78 is 19.3. The Kier molecular flexibility index (Phi) is 3.36. The lowest BCUT2D eigenvalue weighted by molar-refractivity contribution is 0.210. The first-order valence-corrected chi connectivity index (χ1v) is 7.24. The monoisotopic (exact) mass is 285 g/mol. The van der Waals surface area contributed by atoms with Crippen molar-refractivity contribution in [3.63, 3.8) is 0 Å². The van der Waals surface area contributed by atoms with Gasteiger partial charge in [0.2, 0.25) is 0 Å². The molecule has 1 N–H and O–H groups in total. The van der Waals surface area contributed by atoms with E-state index in [-0.39, 0.29) is 17.3 Å². The molecule has 0 aliphatic carbocycles. The third-order valence-electron chi connectivity index (χ3n) is 3.81. The quantitative estimate of drug-likeness (QED) is 0.822. The summed E-state index contributed by atoms with van der Waals surface area (Å²) in [5.74, 6) is 0.591. The lowest BCUT2D eigenvalue weighted by atomic mass is 9.86. The number of halogens is 1. The predicted molar refractivity (Wildman–Crippen MR) is 83.4 cm³/mol. The van der Waals surface area contributed by atoms with E-state index in [2.05, 4.69) is 38.2 Å². The van der Waals surface area contributed by atoms with E-state index >= 15 is 0 Å². The van der Waals surface area contributed by atoms with Gasteiger partial charge in [0.05, 0.1) is 12.2 Å². The van der Waals surface area contributed by atoms with Crippen LogP contribution in [0.2, 0.25) is 0 Å². The summed E-state index contributed by atoms with van der Waals surface area (Å²) >= 11 is 0. The number of fused-ring (bicyclic) bond motifs is 1. The molecule has 0 saturated carbocycles. The minimum absolute atomic E-state index is 0.107. The summed E-state index contributed by atoms with van der Waals surface area (Å²) in [6, 6.07) is 12.8. The topological polar surface area (TPSA) is 21.3 Å². The van der Waals surface area contributed by atoms with Crippen molar-refractivity contribution in [1.82, 2.24) is 0 Å². The molecule has 0 fully saturated rings.